The molecule has 0 aliphatic carbocycles. The number of amides is 2. The number of carbonyl (C=O) groups excluding carboxylic acids is 1. The number of nitrogens with one attached hydrogen (secondary N) is 3. The van der Waals surface area contributed by atoms with E-state index in [0.29, 0.717) is 42.8 Å². The largest absolute Gasteiger partial charge is 0.493 e. The summed E-state index contributed by atoms with van der Waals surface area (Å²) >= 11 is 0. The van der Waals surface area contributed by atoms with Crippen LogP contribution in [0.4, 0.5) is 10.5 Å². The Bertz CT molecular complexity index is 1270. The van der Waals surface area contributed by atoms with Gasteiger partial charge in [0.15, 0.2) is 11.5 Å². The van der Waals surface area contributed by atoms with Gasteiger partial charge in [-0.05, 0) is 48.6 Å². The molecule has 0 aliphatic rings. The van der Waals surface area contributed by atoms with Crippen molar-refractivity contribution in [3.8, 4) is 11.5 Å². The van der Waals surface area contributed by atoms with Crippen LogP contribution in [-0.4, -0.2) is 50.5 Å². The smallest absolute Gasteiger partial charge is 0.319 e. The monoisotopic (exact) mass is 517 g/mol. The van der Waals surface area contributed by atoms with Crippen LogP contribution >= 0.6 is 0 Å². The van der Waals surface area contributed by atoms with Crippen molar-refractivity contribution in [2.24, 2.45) is 5.92 Å². The highest BCUT2D eigenvalue weighted by molar-refractivity contribution is 7.88. The zero-order valence-electron chi connectivity index (χ0n) is 21.2. The standard InChI is InChI=1S/C25H35N5O5S/c1-18(2)6-5-15-35-23-16-20(7-8-22(23)34-3)29-25(31)27-17-19-9-11-26-24-21(19)10-13-30(24)14-12-28-36(4,32)33/h7-11,13,16,18,28H,5-6,12,14-15,17H2,1-4H3,(H2,27,29,31). The Hall–Kier alpha value is -3.31. The van der Waals surface area contributed by atoms with Gasteiger partial charge in [0.05, 0.1) is 20.0 Å². The topological polar surface area (TPSA) is 124 Å². The number of methoxy groups -OCH3 is 1. The molecule has 0 saturated carbocycles. The summed E-state index contributed by atoms with van der Waals surface area (Å²) in [6.45, 7) is 5.93. The number of hydrogen-bond donors (Lipinski definition) is 3. The van der Waals surface area contributed by atoms with Crippen molar-refractivity contribution in [3.05, 3.63) is 48.3 Å². The minimum Gasteiger partial charge on any atom is -0.493 e. The Morgan fingerprint density at radius 1 is 1.17 bits per heavy atom. The summed E-state index contributed by atoms with van der Waals surface area (Å²) in [5, 5.41) is 6.60. The Morgan fingerprint density at radius 2 is 1.97 bits per heavy atom. The van der Waals surface area contributed by atoms with Gasteiger partial charge < -0.3 is 24.7 Å². The van der Waals surface area contributed by atoms with Crippen LogP contribution in [0.2, 0.25) is 0 Å². The minimum atomic E-state index is -3.25. The molecular weight excluding hydrogens is 482 g/mol. The van der Waals surface area contributed by atoms with Gasteiger partial charge in [-0.1, -0.05) is 13.8 Å². The van der Waals surface area contributed by atoms with Gasteiger partial charge in [0.1, 0.15) is 5.65 Å². The molecule has 0 atom stereocenters. The highest BCUT2D eigenvalue weighted by Crippen LogP contribution is 2.30. The van der Waals surface area contributed by atoms with E-state index in [1.54, 1.807) is 31.5 Å². The van der Waals surface area contributed by atoms with Crippen molar-refractivity contribution in [3.63, 3.8) is 0 Å². The quantitative estimate of drug-likeness (QED) is 0.297. The van der Waals surface area contributed by atoms with Gasteiger partial charge in [0, 0.05) is 49.2 Å². The average molecular weight is 518 g/mol. The van der Waals surface area contributed by atoms with Gasteiger partial charge in [-0.25, -0.2) is 22.9 Å². The zero-order chi connectivity index (χ0) is 26.1. The molecule has 3 aromatic rings. The number of urea groups is 1. The van der Waals surface area contributed by atoms with E-state index >= 15 is 0 Å². The molecule has 0 unspecified atom stereocenters. The summed E-state index contributed by atoms with van der Waals surface area (Å²) in [4.78, 5) is 17.0. The van der Waals surface area contributed by atoms with Gasteiger partial charge in [0.2, 0.25) is 10.0 Å². The summed E-state index contributed by atoms with van der Waals surface area (Å²) in [6, 6.07) is 8.67. The van der Waals surface area contributed by atoms with Gasteiger partial charge in [-0.15, -0.1) is 0 Å². The van der Waals surface area contributed by atoms with Crippen LogP contribution in [-0.2, 0) is 23.1 Å². The molecule has 10 nitrogen and oxygen atoms in total. The number of carbonyl (C=O) groups is 1. The third-order valence-electron chi connectivity index (χ3n) is 5.51. The Balaban J connectivity index is 1.59. The fraction of sp³-hybridized carbons (Fsp3) is 0.440. The number of benzene rings is 1. The second-order valence-corrected chi connectivity index (χ2v) is 10.8. The zero-order valence-corrected chi connectivity index (χ0v) is 22.0. The lowest BCUT2D eigenvalue weighted by atomic mass is 10.1. The van der Waals surface area contributed by atoms with E-state index in [-0.39, 0.29) is 12.6 Å². The van der Waals surface area contributed by atoms with Crippen LogP contribution in [0.3, 0.4) is 0 Å². The molecule has 2 heterocycles. The molecule has 1 aromatic carbocycles. The Morgan fingerprint density at radius 3 is 2.69 bits per heavy atom. The van der Waals surface area contributed by atoms with Crippen molar-refractivity contribution >= 4 is 32.8 Å². The number of ether oxygens (including phenoxy) is 2. The lowest BCUT2D eigenvalue weighted by Crippen LogP contribution is -2.28. The number of sulfonamides is 1. The molecule has 3 rings (SSSR count). The van der Waals surface area contributed by atoms with Crippen LogP contribution in [0, 0.1) is 5.92 Å². The number of rotatable bonds is 13. The highest BCUT2D eigenvalue weighted by atomic mass is 32.2. The van der Waals surface area contributed by atoms with E-state index < -0.39 is 10.0 Å². The third kappa shape index (κ3) is 8.13. The van der Waals surface area contributed by atoms with E-state index in [1.165, 1.54) is 0 Å². The average Bonchev–Trinajstić information content (AvgIpc) is 3.23. The fourth-order valence-corrected chi connectivity index (χ4v) is 4.19. The summed E-state index contributed by atoms with van der Waals surface area (Å²) < 4.78 is 38.2. The van der Waals surface area contributed by atoms with Gasteiger partial charge in [-0.3, -0.25) is 0 Å². The second-order valence-electron chi connectivity index (χ2n) is 8.94. The minimum absolute atomic E-state index is 0.264. The normalized spacial score (nSPS) is 11.6. The first kappa shape index (κ1) is 27.3. The Kier molecular flexibility index (Phi) is 9.54. The number of anilines is 1. The molecule has 196 valence electrons. The summed E-state index contributed by atoms with van der Waals surface area (Å²) in [7, 11) is -1.67. The van der Waals surface area contributed by atoms with Crippen molar-refractivity contribution < 1.29 is 22.7 Å². The number of hydrogen-bond acceptors (Lipinski definition) is 6. The number of pyridine rings is 1. The maximum atomic E-state index is 12.6. The molecule has 0 bridgehead atoms. The molecule has 2 amide bonds. The Labute approximate surface area is 212 Å². The lowest BCUT2D eigenvalue weighted by Gasteiger charge is -2.14. The molecule has 36 heavy (non-hydrogen) atoms. The summed E-state index contributed by atoms with van der Waals surface area (Å²) in [5.41, 5.74) is 2.21. The van der Waals surface area contributed by atoms with Crippen LogP contribution < -0.4 is 24.8 Å². The van der Waals surface area contributed by atoms with Crippen LogP contribution in [0.15, 0.2) is 42.7 Å². The third-order valence-corrected chi connectivity index (χ3v) is 6.24. The molecule has 3 N–H and O–H groups in total. The number of nitrogens with zero attached hydrogens (tertiary/aromatic N) is 2. The molecular formula is C25H35N5O5S. The first-order valence-corrected chi connectivity index (χ1v) is 13.8. The lowest BCUT2D eigenvalue weighted by molar-refractivity contribution is 0.251. The van der Waals surface area contributed by atoms with E-state index in [9.17, 15) is 13.2 Å². The number of aromatic nitrogens is 2. The van der Waals surface area contributed by atoms with E-state index in [2.05, 4.69) is 34.2 Å². The SMILES string of the molecule is COc1ccc(NC(=O)NCc2ccnc3c2ccn3CCNS(C)(=O)=O)cc1OCCCC(C)C. The van der Waals surface area contributed by atoms with Gasteiger partial charge in [-0.2, -0.15) is 0 Å². The molecule has 11 heteroatoms. The van der Waals surface area contributed by atoms with E-state index in [4.69, 9.17) is 9.47 Å². The van der Waals surface area contributed by atoms with Crippen molar-refractivity contribution in [2.75, 3.05) is 31.8 Å². The first-order valence-electron chi connectivity index (χ1n) is 11.9. The van der Waals surface area contributed by atoms with Gasteiger partial charge >= 0.3 is 6.03 Å². The van der Waals surface area contributed by atoms with Crippen molar-refractivity contribution in [2.45, 2.75) is 39.8 Å². The molecule has 0 aliphatic heterocycles. The first-order chi connectivity index (χ1) is 17.2. The highest BCUT2D eigenvalue weighted by Gasteiger charge is 2.11. The van der Waals surface area contributed by atoms with Crippen LogP contribution in [0.1, 0.15) is 32.3 Å². The molecule has 0 saturated heterocycles. The fourth-order valence-electron chi connectivity index (χ4n) is 3.72. The molecule has 0 spiro atoms. The van der Waals surface area contributed by atoms with Crippen molar-refractivity contribution in [1.82, 2.24) is 19.6 Å². The van der Waals surface area contributed by atoms with E-state index in [1.807, 2.05) is 22.9 Å². The maximum Gasteiger partial charge on any atom is 0.319 e. The second kappa shape index (κ2) is 12.6. The van der Waals surface area contributed by atoms with Gasteiger partial charge in [0.25, 0.3) is 0 Å². The summed E-state index contributed by atoms with van der Waals surface area (Å²) in [5.74, 6) is 1.81. The molecule has 2 aromatic heterocycles. The predicted molar refractivity (Wildman–Crippen MR) is 141 cm³/mol. The predicted octanol–water partition coefficient (Wildman–Crippen LogP) is 3.73. The van der Waals surface area contributed by atoms with Crippen LogP contribution in [0.5, 0.6) is 11.5 Å². The van der Waals surface area contributed by atoms with Crippen molar-refractivity contribution in [1.29, 1.82) is 0 Å². The molecule has 0 fully saturated rings. The van der Waals surface area contributed by atoms with Crippen LogP contribution in [0.25, 0.3) is 11.0 Å². The maximum absolute atomic E-state index is 12.6. The summed E-state index contributed by atoms with van der Waals surface area (Å²) in [6.07, 6.45) is 6.66. The van der Waals surface area contributed by atoms with E-state index in [0.717, 1.165) is 35.7 Å². The molecule has 0 radical (unpaired) electrons. The number of fused-ring (bicyclic) bond motifs is 1.